The first-order chi connectivity index (χ1) is 14.1. The van der Waals surface area contributed by atoms with Crippen LogP contribution in [-0.4, -0.2) is 26.9 Å². The van der Waals surface area contributed by atoms with Crippen LogP contribution < -0.4 is 25.2 Å². The Labute approximate surface area is 170 Å². The lowest BCUT2D eigenvalue weighted by Gasteiger charge is -2.13. The number of hydrogen-bond acceptors (Lipinski definition) is 6. The lowest BCUT2D eigenvalue weighted by molar-refractivity contribution is 0.287. The maximum atomic E-state index is 11.9. The molecule has 0 saturated heterocycles. The van der Waals surface area contributed by atoms with Gasteiger partial charge in [-0.1, -0.05) is 6.07 Å². The molecule has 1 N–H and O–H groups in total. The summed E-state index contributed by atoms with van der Waals surface area (Å²) in [6.45, 7) is 6.45. The summed E-state index contributed by atoms with van der Waals surface area (Å²) < 4.78 is 21.8. The largest absolute Gasteiger partial charge is 0.497 e. The Bertz CT molecular complexity index is 1010. The van der Waals surface area contributed by atoms with Crippen molar-refractivity contribution in [3.05, 3.63) is 64.0 Å². The van der Waals surface area contributed by atoms with Crippen molar-refractivity contribution < 1.29 is 18.6 Å². The van der Waals surface area contributed by atoms with E-state index in [1.54, 1.807) is 13.2 Å². The van der Waals surface area contributed by atoms with E-state index >= 15 is 0 Å². The summed E-state index contributed by atoms with van der Waals surface area (Å²) in [5.41, 5.74) is 2.23. The first kappa shape index (κ1) is 20.7. The Morgan fingerprint density at radius 2 is 1.76 bits per heavy atom. The zero-order chi connectivity index (χ0) is 20.6. The molecule has 0 aliphatic carbocycles. The Morgan fingerprint density at radius 1 is 0.966 bits per heavy atom. The fourth-order valence-corrected chi connectivity index (χ4v) is 3.19. The van der Waals surface area contributed by atoms with Crippen molar-refractivity contribution in [2.75, 3.05) is 26.9 Å². The minimum Gasteiger partial charge on any atom is -0.497 e. The van der Waals surface area contributed by atoms with Gasteiger partial charge in [-0.25, -0.2) is 4.79 Å². The molecule has 0 atom stereocenters. The molecule has 1 heterocycles. The summed E-state index contributed by atoms with van der Waals surface area (Å²) in [6, 6.07) is 13.1. The average Bonchev–Trinajstić information content (AvgIpc) is 2.72. The molecule has 154 valence electrons. The SMILES string of the molecule is CCOc1ccc(CCNCc2cc(=O)oc3cc(OC)ccc23)cc1OCC. The maximum Gasteiger partial charge on any atom is 0.336 e. The van der Waals surface area contributed by atoms with Gasteiger partial charge in [0.15, 0.2) is 11.5 Å². The van der Waals surface area contributed by atoms with Crippen LogP contribution in [0.3, 0.4) is 0 Å². The highest BCUT2D eigenvalue weighted by molar-refractivity contribution is 5.81. The third-order valence-corrected chi connectivity index (χ3v) is 4.55. The molecule has 6 heteroatoms. The van der Waals surface area contributed by atoms with Crippen molar-refractivity contribution in [1.82, 2.24) is 5.32 Å². The molecule has 6 nitrogen and oxygen atoms in total. The minimum absolute atomic E-state index is 0.365. The van der Waals surface area contributed by atoms with Crippen molar-refractivity contribution in [3.63, 3.8) is 0 Å². The van der Waals surface area contributed by atoms with Crippen molar-refractivity contribution in [2.45, 2.75) is 26.8 Å². The van der Waals surface area contributed by atoms with Gasteiger partial charge >= 0.3 is 5.63 Å². The molecule has 29 heavy (non-hydrogen) atoms. The van der Waals surface area contributed by atoms with Crippen LogP contribution in [0.4, 0.5) is 0 Å². The standard InChI is InChI=1S/C23H27NO5/c1-4-27-20-9-6-16(12-22(20)28-5-2)10-11-24-15-17-13-23(25)29-21-14-18(26-3)7-8-19(17)21/h6-9,12-14,24H,4-5,10-11,15H2,1-3H3. The molecular weight excluding hydrogens is 370 g/mol. The van der Waals surface area contributed by atoms with Gasteiger partial charge in [-0.2, -0.15) is 0 Å². The monoisotopic (exact) mass is 397 g/mol. The molecule has 1 aromatic heterocycles. The van der Waals surface area contributed by atoms with E-state index in [9.17, 15) is 4.79 Å². The van der Waals surface area contributed by atoms with Gasteiger partial charge in [-0.15, -0.1) is 0 Å². The molecule has 0 radical (unpaired) electrons. The highest BCUT2D eigenvalue weighted by Gasteiger charge is 2.08. The predicted octanol–water partition coefficient (Wildman–Crippen LogP) is 3.93. The third kappa shape index (κ3) is 5.29. The van der Waals surface area contributed by atoms with Crippen LogP contribution in [-0.2, 0) is 13.0 Å². The number of nitrogens with one attached hydrogen (secondary N) is 1. The summed E-state index contributed by atoms with van der Waals surface area (Å²) in [7, 11) is 1.59. The second-order valence-corrected chi connectivity index (χ2v) is 6.53. The number of methoxy groups -OCH3 is 1. The highest BCUT2D eigenvalue weighted by atomic mass is 16.5. The topological polar surface area (TPSA) is 69.9 Å². The van der Waals surface area contributed by atoms with Crippen LogP contribution in [0.25, 0.3) is 11.0 Å². The fraction of sp³-hybridized carbons (Fsp3) is 0.348. The first-order valence-electron chi connectivity index (χ1n) is 9.84. The van der Waals surface area contributed by atoms with E-state index in [1.807, 2.05) is 44.2 Å². The lowest BCUT2D eigenvalue weighted by atomic mass is 10.1. The maximum absolute atomic E-state index is 11.9. The number of rotatable bonds is 10. The van der Waals surface area contributed by atoms with E-state index in [2.05, 4.69) is 5.32 Å². The quantitative estimate of drug-likeness (QED) is 0.413. The molecule has 3 rings (SSSR count). The minimum atomic E-state index is -0.365. The molecule has 0 unspecified atom stereocenters. The number of fused-ring (bicyclic) bond motifs is 1. The van der Waals surface area contributed by atoms with Crippen LogP contribution in [0.15, 0.2) is 51.7 Å². The fourth-order valence-electron chi connectivity index (χ4n) is 3.19. The molecule has 0 fully saturated rings. The van der Waals surface area contributed by atoms with E-state index in [4.69, 9.17) is 18.6 Å². The molecule has 0 aliphatic heterocycles. The van der Waals surface area contributed by atoms with Crippen LogP contribution >= 0.6 is 0 Å². The Balaban J connectivity index is 1.65. The third-order valence-electron chi connectivity index (χ3n) is 4.55. The molecule has 0 saturated carbocycles. The molecule has 2 aromatic carbocycles. The zero-order valence-electron chi connectivity index (χ0n) is 17.1. The molecule has 0 bridgehead atoms. The summed E-state index contributed by atoms with van der Waals surface area (Å²) in [6.07, 6.45) is 0.833. The van der Waals surface area contributed by atoms with Crippen LogP contribution in [0, 0.1) is 0 Å². The predicted molar refractivity (Wildman–Crippen MR) is 113 cm³/mol. The van der Waals surface area contributed by atoms with Gasteiger partial charge in [-0.05, 0) is 62.2 Å². The average molecular weight is 397 g/mol. The Kier molecular flexibility index (Phi) is 7.14. The van der Waals surface area contributed by atoms with Crippen LogP contribution in [0.5, 0.6) is 17.2 Å². The Hall–Kier alpha value is -2.99. The normalized spacial score (nSPS) is 10.9. The highest BCUT2D eigenvalue weighted by Crippen LogP contribution is 2.28. The van der Waals surface area contributed by atoms with E-state index < -0.39 is 0 Å². The van der Waals surface area contributed by atoms with Gasteiger partial charge in [0.25, 0.3) is 0 Å². The van der Waals surface area contributed by atoms with Gasteiger partial charge < -0.3 is 23.9 Å². The molecular formula is C23H27NO5. The number of ether oxygens (including phenoxy) is 3. The summed E-state index contributed by atoms with van der Waals surface area (Å²) >= 11 is 0. The Morgan fingerprint density at radius 3 is 2.52 bits per heavy atom. The van der Waals surface area contributed by atoms with Gasteiger partial charge in [0.05, 0.1) is 20.3 Å². The van der Waals surface area contributed by atoms with Crippen molar-refractivity contribution >= 4 is 11.0 Å². The number of benzene rings is 2. The van der Waals surface area contributed by atoms with Crippen molar-refractivity contribution in [3.8, 4) is 17.2 Å². The van der Waals surface area contributed by atoms with Crippen molar-refractivity contribution in [1.29, 1.82) is 0 Å². The van der Waals surface area contributed by atoms with Gasteiger partial charge in [0.2, 0.25) is 0 Å². The van der Waals surface area contributed by atoms with Gasteiger partial charge in [0.1, 0.15) is 11.3 Å². The summed E-state index contributed by atoms with van der Waals surface area (Å²) in [5, 5.41) is 4.31. The van der Waals surface area contributed by atoms with Gasteiger partial charge in [-0.3, -0.25) is 0 Å². The summed E-state index contributed by atoms with van der Waals surface area (Å²) in [4.78, 5) is 11.9. The molecule has 0 aliphatic rings. The molecule has 0 amide bonds. The van der Waals surface area contributed by atoms with Crippen molar-refractivity contribution in [2.24, 2.45) is 0 Å². The van der Waals surface area contributed by atoms with Crippen LogP contribution in [0.1, 0.15) is 25.0 Å². The second-order valence-electron chi connectivity index (χ2n) is 6.53. The van der Waals surface area contributed by atoms with Crippen LogP contribution in [0.2, 0.25) is 0 Å². The lowest BCUT2D eigenvalue weighted by Crippen LogP contribution is -2.18. The first-order valence-corrected chi connectivity index (χ1v) is 9.84. The van der Waals surface area contributed by atoms with E-state index in [-0.39, 0.29) is 5.63 Å². The molecule has 3 aromatic rings. The van der Waals surface area contributed by atoms with Gasteiger partial charge in [0, 0.05) is 24.1 Å². The van der Waals surface area contributed by atoms with E-state index in [1.165, 1.54) is 6.07 Å². The van der Waals surface area contributed by atoms with E-state index in [0.29, 0.717) is 31.1 Å². The number of hydrogen-bond donors (Lipinski definition) is 1. The molecule has 0 spiro atoms. The second kappa shape index (κ2) is 9.98. The smallest absolute Gasteiger partial charge is 0.336 e. The van der Waals surface area contributed by atoms with E-state index in [0.717, 1.165) is 41.0 Å². The zero-order valence-corrected chi connectivity index (χ0v) is 17.1. The summed E-state index contributed by atoms with van der Waals surface area (Å²) in [5.74, 6) is 2.20.